The number of amides is 3. The molecule has 32 heavy (non-hydrogen) atoms. The van der Waals surface area contributed by atoms with Crippen LogP contribution in [-0.4, -0.2) is 39.6 Å². The first-order valence-electron chi connectivity index (χ1n) is 9.63. The third-order valence-corrected chi connectivity index (χ3v) is 4.12. The van der Waals surface area contributed by atoms with Gasteiger partial charge in [-0.05, 0) is 42.8 Å². The second kappa shape index (κ2) is 10.5. The predicted molar refractivity (Wildman–Crippen MR) is 117 cm³/mol. The van der Waals surface area contributed by atoms with Gasteiger partial charge >= 0.3 is 18.1 Å². The molecule has 1 aromatic carbocycles. The fourth-order valence-corrected chi connectivity index (χ4v) is 2.68. The molecule has 0 atom stereocenters. The second-order valence-electron chi connectivity index (χ2n) is 6.44. The Balaban J connectivity index is 1.68. The van der Waals surface area contributed by atoms with E-state index in [4.69, 9.17) is 5.73 Å². The summed E-state index contributed by atoms with van der Waals surface area (Å²) in [4.78, 5) is 47.4. The number of nitrogens with two attached hydrogens (primary N) is 1. The van der Waals surface area contributed by atoms with Gasteiger partial charge in [0.25, 0.3) is 0 Å². The number of benzene rings is 1. The minimum atomic E-state index is -1.21. The van der Waals surface area contributed by atoms with Crippen LogP contribution in [-0.2, 0) is 11.3 Å². The lowest BCUT2D eigenvalue weighted by Crippen LogP contribution is -2.28. The number of primary amides is 1. The summed E-state index contributed by atoms with van der Waals surface area (Å²) in [6.07, 6.45) is 3.38. The number of aromatic nitrogens is 3. The molecule has 3 rings (SSSR count). The Labute approximate surface area is 183 Å². The van der Waals surface area contributed by atoms with E-state index < -0.39 is 12.1 Å². The fraction of sp³-hybridized carbons (Fsp3) is 0.143. The molecule has 0 unspecified atom stereocenters. The van der Waals surface area contributed by atoms with Crippen LogP contribution in [0.4, 0.5) is 21.1 Å². The van der Waals surface area contributed by atoms with Crippen molar-refractivity contribution in [3.05, 3.63) is 66.1 Å². The van der Waals surface area contributed by atoms with Gasteiger partial charge in [0.2, 0.25) is 0 Å². The van der Waals surface area contributed by atoms with Crippen molar-refractivity contribution in [3.63, 3.8) is 0 Å². The molecular weight excluding hydrogens is 414 g/mol. The number of nitrogens with one attached hydrogen (secondary N) is 3. The van der Waals surface area contributed by atoms with Gasteiger partial charge in [-0.25, -0.2) is 24.4 Å². The highest BCUT2D eigenvalue weighted by atomic mass is 16.6. The number of hydrogen-bond donors (Lipinski definition) is 4. The average molecular weight is 435 g/mol. The molecule has 0 saturated carbocycles. The number of urea groups is 1. The van der Waals surface area contributed by atoms with Crippen molar-refractivity contribution >= 4 is 29.6 Å². The number of pyridine rings is 1. The first-order chi connectivity index (χ1) is 15.5. The number of carbonyl (C=O) groups is 3. The maximum absolute atomic E-state index is 12.1. The van der Waals surface area contributed by atoms with Crippen molar-refractivity contribution in [2.75, 3.05) is 17.2 Å². The van der Waals surface area contributed by atoms with Crippen LogP contribution in [0.15, 0.2) is 55.0 Å². The SMILES string of the molecule is CCNc1nc(-c2ccc(NC(=O)NCc3cccnc3)cc2)ncc1C(=O)OC(N)=O. The molecule has 0 aliphatic heterocycles. The van der Waals surface area contributed by atoms with Crippen LogP contribution in [0.2, 0.25) is 0 Å². The van der Waals surface area contributed by atoms with E-state index in [-0.39, 0.29) is 17.4 Å². The number of hydrogen-bond acceptors (Lipinski definition) is 8. The quantitative estimate of drug-likeness (QED) is 0.325. The molecule has 0 fully saturated rings. The summed E-state index contributed by atoms with van der Waals surface area (Å²) in [5.74, 6) is -0.401. The standard InChI is InChI=1S/C21H21N7O4/c1-2-24-18-16(19(29)32-20(22)30)12-25-17(28-18)14-5-7-15(8-6-14)27-21(31)26-11-13-4-3-9-23-10-13/h3-10,12H,2,11H2,1H3,(H2,22,30)(H,24,25,28)(H2,26,27,31). The maximum atomic E-state index is 12.1. The van der Waals surface area contributed by atoms with Gasteiger partial charge in [0.05, 0.1) is 0 Å². The largest absolute Gasteiger partial charge is 0.412 e. The highest BCUT2D eigenvalue weighted by Gasteiger charge is 2.18. The molecule has 5 N–H and O–H groups in total. The Bertz CT molecular complexity index is 1100. The van der Waals surface area contributed by atoms with Gasteiger partial charge < -0.3 is 26.4 Å². The highest BCUT2D eigenvalue weighted by molar-refractivity contribution is 5.99. The monoisotopic (exact) mass is 435 g/mol. The molecule has 0 spiro atoms. The summed E-state index contributed by atoms with van der Waals surface area (Å²) in [5, 5.41) is 8.41. The lowest BCUT2D eigenvalue weighted by Gasteiger charge is -2.11. The van der Waals surface area contributed by atoms with E-state index in [1.165, 1.54) is 6.20 Å². The molecule has 0 bridgehead atoms. The molecule has 164 valence electrons. The fourth-order valence-electron chi connectivity index (χ4n) is 2.68. The third-order valence-electron chi connectivity index (χ3n) is 4.12. The van der Waals surface area contributed by atoms with Crippen molar-refractivity contribution in [2.24, 2.45) is 5.73 Å². The van der Waals surface area contributed by atoms with Crippen molar-refractivity contribution in [2.45, 2.75) is 13.5 Å². The normalized spacial score (nSPS) is 10.2. The van der Waals surface area contributed by atoms with Crippen LogP contribution in [0.5, 0.6) is 0 Å². The average Bonchev–Trinajstić information content (AvgIpc) is 2.78. The predicted octanol–water partition coefficient (Wildman–Crippen LogP) is 2.53. The van der Waals surface area contributed by atoms with Crippen molar-refractivity contribution in [1.82, 2.24) is 20.3 Å². The van der Waals surface area contributed by atoms with Crippen LogP contribution in [0.1, 0.15) is 22.8 Å². The molecule has 3 aromatic rings. The molecule has 0 aliphatic rings. The summed E-state index contributed by atoms with van der Waals surface area (Å²) in [6.45, 7) is 2.65. The van der Waals surface area contributed by atoms with E-state index in [2.05, 4.69) is 35.6 Å². The van der Waals surface area contributed by atoms with Gasteiger partial charge in [0.1, 0.15) is 11.4 Å². The molecule has 0 radical (unpaired) electrons. The van der Waals surface area contributed by atoms with E-state index in [0.29, 0.717) is 30.2 Å². The smallest absolute Gasteiger partial charge is 0.373 e. The van der Waals surface area contributed by atoms with E-state index in [0.717, 1.165) is 5.56 Å². The Hall–Kier alpha value is -4.54. The first-order valence-corrected chi connectivity index (χ1v) is 9.63. The lowest BCUT2D eigenvalue weighted by atomic mass is 10.2. The van der Waals surface area contributed by atoms with Crippen molar-refractivity contribution in [1.29, 1.82) is 0 Å². The number of carbonyl (C=O) groups excluding carboxylic acids is 3. The Morgan fingerprint density at radius 2 is 1.88 bits per heavy atom. The topological polar surface area (TPSA) is 161 Å². The van der Waals surface area contributed by atoms with Crippen LogP contribution in [0, 0.1) is 0 Å². The molecule has 3 amide bonds. The summed E-state index contributed by atoms with van der Waals surface area (Å²) in [6, 6.07) is 10.2. The summed E-state index contributed by atoms with van der Waals surface area (Å²) in [5.41, 5.74) is 6.99. The Kier molecular flexibility index (Phi) is 7.25. The minimum absolute atomic E-state index is 0.0158. The first kappa shape index (κ1) is 22.2. The van der Waals surface area contributed by atoms with Crippen molar-refractivity contribution < 1.29 is 19.1 Å². The van der Waals surface area contributed by atoms with Gasteiger partial charge in [-0.2, -0.15) is 0 Å². The zero-order chi connectivity index (χ0) is 22.9. The van der Waals surface area contributed by atoms with Gasteiger partial charge in [0.15, 0.2) is 5.82 Å². The van der Waals surface area contributed by atoms with E-state index in [1.54, 1.807) is 42.7 Å². The summed E-state index contributed by atoms with van der Waals surface area (Å²) < 4.78 is 4.40. The number of rotatable bonds is 7. The lowest BCUT2D eigenvalue weighted by molar-refractivity contribution is 0.0638. The molecule has 11 nitrogen and oxygen atoms in total. The molecule has 11 heteroatoms. The number of nitrogens with zero attached hydrogens (tertiary/aromatic N) is 3. The van der Waals surface area contributed by atoms with Gasteiger partial charge in [-0.15, -0.1) is 0 Å². The third kappa shape index (κ3) is 5.98. The molecule has 0 saturated heterocycles. The van der Waals surface area contributed by atoms with E-state index >= 15 is 0 Å². The van der Waals surface area contributed by atoms with Gasteiger partial charge in [0, 0.05) is 42.9 Å². The zero-order valence-electron chi connectivity index (χ0n) is 17.2. The summed E-state index contributed by atoms with van der Waals surface area (Å²) >= 11 is 0. The van der Waals surface area contributed by atoms with Gasteiger partial charge in [-0.1, -0.05) is 6.07 Å². The second-order valence-corrected chi connectivity index (χ2v) is 6.44. The van der Waals surface area contributed by atoms with Crippen LogP contribution >= 0.6 is 0 Å². The van der Waals surface area contributed by atoms with E-state index in [9.17, 15) is 14.4 Å². The van der Waals surface area contributed by atoms with Gasteiger partial charge in [-0.3, -0.25) is 4.98 Å². The van der Waals surface area contributed by atoms with Crippen LogP contribution in [0.25, 0.3) is 11.4 Å². The molecular formula is C21H21N7O4. The number of esters is 1. The maximum Gasteiger partial charge on any atom is 0.412 e. The van der Waals surface area contributed by atoms with Crippen LogP contribution in [0.3, 0.4) is 0 Å². The number of anilines is 2. The number of ether oxygens (including phenoxy) is 1. The molecule has 0 aliphatic carbocycles. The minimum Gasteiger partial charge on any atom is -0.373 e. The molecule has 2 aromatic heterocycles. The highest BCUT2D eigenvalue weighted by Crippen LogP contribution is 2.22. The Morgan fingerprint density at radius 3 is 2.53 bits per heavy atom. The summed E-state index contributed by atoms with van der Waals surface area (Å²) in [7, 11) is 0. The van der Waals surface area contributed by atoms with Crippen LogP contribution < -0.4 is 21.7 Å². The Morgan fingerprint density at radius 1 is 1.09 bits per heavy atom. The van der Waals surface area contributed by atoms with Crippen molar-refractivity contribution in [3.8, 4) is 11.4 Å². The zero-order valence-corrected chi connectivity index (χ0v) is 17.2. The molecule has 2 heterocycles. The van der Waals surface area contributed by atoms with E-state index in [1.807, 2.05) is 13.0 Å².